The Labute approximate surface area is 131 Å². The molecule has 0 radical (unpaired) electrons. The Morgan fingerprint density at radius 3 is 2.57 bits per heavy atom. The third kappa shape index (κ3) is 4.80. The minimum atomic E-state index is -1.31. The zero-order valence-electron chi connectivity index (χ0n) is 13.9. The van der Waals surface area contributed by atoms with Crippen LogP contribution in [0.3, 0.4) is 0 Å². The van der Waals surface area contributed by atoms with Gasteiger partial charge in [-0.25, -0.2) is 0 Å². The molecule has 0 spiro atoms. The molecule has 1 fully saturated rings. The molecule has 0 amide bonds. The molecule has 1 heterocycles. The molecule has 3 heteroatoms. The van der Waals surface area contributed by atoms with Gasteiger partial charge in [-0.15, -0.1) is 0 Å². The molecule has 0 N–H and O–H groups in total. The monoisotopic (exact) mass is 302 g/mol. The number of rotatable bonds is 6. The Kier molecular flexibility index (Phi) is 5.79. The Bertz CT molecular complexity index is 462. The van der Waals surface area contributed by atoms with Gasteiger partial charge in [-0.1, -0.05) is 61.2 Å². The fraction of sp³-hybridized carbons (Fsp3) is 0.556. The number of piperazine rings is 1. The summed E-state index contributed by atoms with van der Waals surface area (Å²) in [6, 6.07) is 10.4. The molecule has 1 aliphatic heterocycles. The fourth-order valence-electron chi connectivity index (χ4n) is 3.05. The third-order valence-corrected chi connectivity index (χ3v) is 8.25. The zero-order valence-corrected chi connectivity index (χ0v) is 14.9. The Balaban J connectivity index is 1.84. The summed E-state index contributed by atoms with van der Waals surface area (Å²) in [7, 11) is 0.912. The number of hydrogen-bond donors (Lipinski definition) is 0. The molecule has 21 heavy (non-hydrogen) atoms. The third-order valence-electron chi connectivity index (χ3n) is 4.78. The second kappa shape index (κ2) is 7.39. The van der Waals surface area contributed by atoms with E-state index in [9.17, 15) is 0 Å². The fourth-order valence-corrected chi connectivity index (χ4v) is 5.48. The molecule has 2 nitrogen and oxygen atoms in total. The lowest BCUT2D eigenvalue weighted by atomic mass is 10.2. The molecule has 0 aliphatic carbocycles. The van der Waals surface area contributed by atoms with E-state index in [-0.39, 0.29) is 0 Å². The van der Waals surface area contributed by atoms with E-state index in [1.165, 1.54) is 50.8 Å². The molecule has 0 unspecified atom stereocenters. The highest BCUT2D eigenvalue weighted by Crippen LogP contribution is 2.15. The summed E-state index contributed by atoms with van der Waals surface area (Å²) in [5, 5.41) is 1.57. The number of hydrogen-bond acceptors (Lipinski definition) is 2. The van der Waals surface area contributed by atoms with E-state index >= 15 is 0 Å². The molecule has 0 aromatic heterocycles. The van der Waals surface area contributed by atoms with Gasteiger partial charge in [0.15, 0.2) is 0 Å². The number of likely N-dealkylation sites (N-methyl/N-ethyl adjacent to an activating group) is 1. The Morgan fingerprint density at radius 1 is 1.19 bits per heavy atom. The molecule has 2 rings (SSSR count). The first-order valence-electron chi connectivity index (χ1n) is 8.15. The minimum Gasteiger partial charge on any atom is -0.304 e. The minimum absolute atomic E-state index is 1.22. The summed E-state index contributed by atoms with van der Waals surface area (Å²) in [6.45, 7) is 15.1. The highest BCUT2D eigenvalue weighted by atomic mass is 28.3. The van der Waals surface area contributed by atoms with Crippen molar-refractivity contribution < 1.29 is 0 Å². The largest absolute Gasteiger partial charge is 0.304 e. The quantitative estimate of drug-likeness (QED) is 0.746. The van der Waals surface area contributed by atoms with Crippen molar-refractivity contribution in [2.75, 3.05) is 39.8 Å². The van der Waals surface area contributed by atoms with Crippen LogP contribution in [0.1, 0.15) is 12.0 Å². The van der Waals surface area contributed by atoms with Crippen LogP contribution in [-0.2, 0) is 0 Å². The SMILES string of the molecule is C=Cc1cccc([Si](C)(C)CCCN2CCN(C)CC2)c1. The molecular formula is C18H30N2Si. The lowest BCUT2D eigenvalue weighted by Crippen LogP contribution is -2.46. The van der Waals surface area contributed by atoms with Gasteiger partial charge < -0.3 is 9.80 Å². The van der Waals surface area contributed by atoms with E-state index in [1.54, 1.807) is 5.19 Å². The zero-order chi connectivity index (χ0) is 15.3. The predicted octanol–water partition coefficient (Wildman–Crippen LogP) is 2.88. The number of benzene rings is 1. The second-order valence-corrected chi connectivity index (χ2v) is 11.8. The topological polar surface area (TPSA) is 6.48 Å². The van der Waals surface area contributed by atoms with Crippen LogP contribution in [0.25, 0.3) is 6.08 Å². The lowest BCUT2D eigenvalue weighted by molar-refractivity contribution is 0.154. The van der Waals surface area contributed by atoms with E-state index in [0.29, 0.717) is 0 Å². The van der Waals surface area contributed by atoms with Crippen molar-refractivity contribution in [3.63, 3.8) is 0 Å². The molecule has 1 saturated heterocycles. The highest BCUT2D eigenvalue weighted by Gasteiger charge is 2.23. The van der Waals surface area contributed by atoms with Crippen molar-refractivity contribution in [2.24, 2.45) is 0 Å². The van der Waals surface area contributed by atoms with Crippen LogP contribution in [-0.4, -0.2) is 57.6 Å². The summed E-state index contributed by atoms with van der Waals surface area (Å²) < 4.78 is 0. The van der Waals surface area contributed by atoms with Gasteiger partial charge in [0.25, 0.3) is 0 Å². The maximum absolute atomic E-state index is 3.89. The first kappa shape index (κ1) is 16.5. The van der Waals surface area contributed by atoms with Crippen LogP contribution in [0, 0.1) is 0 Å². The van der Waals surface area contributed by atoms with Crippen LogP contribution in [0.4, 0.5) is 0 Å². The van der Waals surface area contributed by atoms with Gasteiger partial charge in [0.05, 0.1) is 8.07 Å². The van der Waals surface area contributed by atoms with Gasteiger partial charge in [0.1, 0.15) is 0 Å². The summed E-state index contributed by atoms with van der Waals surface area (Å²) in [4.78, 5) is 5.06. The first-order chi connectivity index (χ1) is 10.0. The van der Waals surface area contributed by atoms with E-state index in [1.807, 2.05) is 6.08 Å². The molecule has 116 valence electrons. The smallest absolute Gasteiger partial charge is 0.0807 e. The number of nitrogens with zero attached hydrogens (tertiary/aromatic N) is 2. The van der Waals surface area contributed by atoms with Crippen molar-refractivity contribution in [3.05, 3.63) is 36.4 Å². The van der Waals surface area contributed by atoms with Gasteiger partial charge in [-0.2, -0.15) is 0 Å². The molecule has 0 saturated carbocycles. The molecule has 0 atom stereocenters. The summed E-state index contributed by atoms with van der Waals surface area (Å²) in [5.41, 5.74) is 1.26. The van der Waals surface area contributed by atoms with Crippen LogP contribution >= 0.6 is 0 Å². The van der Waals surface area contributed by atoms with Crippen LogP contribution in [0.2, 0.25) is 19.1 Å². The summed E-state index contributed by atoms with van der Waals surface area (Å²) in [5.74, 6) is 0. The molecule has 1 aliphatic rings. The van der Waals surface area contributed by atoms with E-state index in [4.69, 9.17) is 0 Å². The maximum Gasteiger partial charge on any atom is 0.0807 e. The maximum atomic E-state index is 3.89. The molecule has 0 bridgehead atoms. The van der Waals surface area contributed by atoms with Gasteiger partial charge in [0, 0.05) is 26.2 Å². The van der Waals surface area contributed by atoms with Gasteiger partial charge in [-0.3, -0.25) is 0 Å². The van der Waals surface area contributed by atoms with Gasteiger partial charge >= 0.3 is 0 Å². The predicted molar refractivity (Wildman–Crippen MR) is 97.0 cm³/mol. The standard InChI is InChI=1S/C18H30N2Si/c1-5-17-8-6-9-18(16-17)21(3,4)15-7-10-20-13-11-19(2)12-14-20/h5-6,8-9,16H,1,7,10-15H2,2-4H3. The normalized spacial score (nSPS) is 17.9. The average Bonchev–Trinajstić information content (AvgIpc) is 2.49. The van der Waals surface area contributed by atoms with Crippen LogP contribution in [0.5, 0.6) is 0 Å². The van der Waals surface area contributed by atoms with E-state index in [0.717, 1.165) is 0 Å². The van der Waals surface area contributed by atoms with Crippen LogP contribution in [0.15, 0.2) is 30.8 Å². The molecule has 1 aromatic carbocycles. The van der Waals surface area contributed by atoms with Crippen LogP contribution < -0.4 is 5.19 Å². The van der Waals surface area contributed by atoms with Crippen molar-refractivity contribution >= 4 is 19.3 Å². The lowest BCUT2D eigenvalue weighted by Gasteiger charge is -2.33. The van der Waals surface area contributed by atoms with E-state index in [2.05, 4.69) is 60.8 Å². The van der Waals surface area contributed by atoms with Gasteiger partial charge in [-0.05, 0) is 25.6 Å². The van der Waals surface area contributed by atoms with Gasteiger partial charge in [0.2, 0.25) is 0 Å². The molecular weight excluding hydrogens is 272 g/mol. The van der Waals surface area contributed by atoms with Crippen molar-refractivity contribution in [1.29, 1.82) is 0 Å². The molecule has 1 aromatic rings. The van der Waals surface area contributed by atoms with Crippen molar-refractivity contribution in [1.82, 2.24) is 9.80 Å². The summed E-state index contributed by atoms with van der Waals surface area (Å²) in [6.07, 6.45) is 3.29. The Morgan fingerprint density at radius 2 is 1.90 bits per heavy atom. The first-order valence-corrected chi connectivity index (χ1v) is 11.4. The average molecular weight is 303 g/mol. The highest BCUT2D eigenvalue weighted by molar-refractivity contribution is 6.89. The summed E-state index contributed by atoms with van der Waals surface area (Å²) >= 11 is 0. The van der Waals surface area contributed by atoms with E-state index < -0.39 is 8.07 Å². The van der Waals surface area contributed by atoms with Crippen molar-refractivity contribution in [2.45, 2.75) is 25.6 Å². The van der Waals surface area contributed by atoms with Crippen molar-refractivity contribution in [3.8, 4) is 0 Å². The Hall–Kier alpha value is -0.903. The second-order valence-electron chi connectivity index (χ2n) is 6.96.